The number of aliphatic hydroxyl groups is 1. The molecule has 13 heteroatoms. The SMILES string of the molecule is CC(C)C(=O)N1CC(NS(=N)(=O)c2ccc(OC(F)(F)F)cc2)C(O)C(N2c3ccccc3Oc3ccccc32)C1. The number of carbonyl (C=O) groups is 1. The number of alkyl halides is 3. The van der Waals surface area contributed by atoms with Crippen molar-refractivity contribution in [1.82, 2.24) is 9.62 Å². The number of hydrogen-bond donors (Lipinski definition) is 3. The summed E-state index contributed by atoms with van der Waals surface area (Å²) in [5, 5.41) is 11.7. The molecule has 9 nitrogen and oxygen atoms in total. The van der Waals surface area contributed by atoms with E-state index in [9.17, 15) is 27.3 Å². The van der Waals surface area contributed by atoms with Gasteiger partial charge >= 0.3 is 6.36 Å². The minimum atomic E-state index is -4.90. The monoisotopic (exact) mass is 590 g/mol. The van der Waals surface area contributed by atoms with Crippen molar-refractivity contribution in [3.05, 3.63) is 72.8 Å². The number of carbonyl (C=O) groups excluding carboxylic acids is 1. The van der Waals surface area contributed by atoms with Crippen molar-refractivity contribution in [3.8, 4) is 17.2 Å². The summed E-state index contributed by atoms with van der Waals surface area (Å²) in [6.07, 6.45) is -6.11. The standard InChI is InChI=1S/C28H29F3N4O5S/c1-17(2)27(37)34-15-20(33-41(32,38)19-13-11-18(12-14-19)40-28(29,30)31)26(36)23(16-34)35-21-7-3-5-9-24(21)39-25-10-6-4-8-22(25)35/h3-14,17,20,23,26,36H,15-16H2,1-2H3,(H2,32,33,38). The highest BCUT2D eigenvalue weighted by Gasteiger charge is 2.44. The highest BCUT2D eigenvalue weighted by atomic mass is 32.2. The molecule has 0 aliphatic carbocycles. The number of nitrogens with zero attached hydrogens (tertiary/aromatic N) is 2. The van der Waals surface area contributed by atoms with Crippen molar-refractivity contribution < 1.29 is 36.8 Å². The summed E-state index contributed by atoms with van der Waals surface area (Å²) in [4.78, 5) is 16.6. The largest absolute Gasteiger partial charge is 0.573 e. The van der Waals surface area contributed by atoms with Crippen LogP contribution >= 0.6 is 0 Å². The Morgan fingerprint density at radius 1 is 1.02 bits per heavy atom. The van der Waals surface area contributed by atoms with Crippen LogP contribution in [0, 0.1) is 10.7 Å². The van der Waals surface area contributed by atoms with E-state index in [4.69, 9.17) is 9.52 Å². The van der Waals surface area contributed by atoms with Crippen molar-refractivity contribution >= 4 is 27.2 Å². The third kappa shape index (κ3) is 5.97. The lowest BCUT2D eigenvalue weighted by Gasteiger charge is -2.48. The lowest BCUT2D eigenvalue weighted by Crippen LogP contribution is -2.66. The Morgan fingerprint density at radius 3 is 2.12 bits per heavy atom. The fourth-order valence-corrected chi connectivity index (χ4v) is 6.41. The molecule has 2 aliphatic heterocycles. The first-order chi connectivity index (χ1) is 19.3. The van der Waals surface area contributed by atoms with Crippen LogP contribution in [0.15, 0.2) is 77.7 Å². The van der Waals surface area contributed by atoms with Crippen LogP contribution in [0.2, 0.25) is 0 Å². The van der Waals surface area contributed by atoms with Crippen molar-refractivity contribution in [2.24, 2.45) is 5.92 Å². The van der Waals surface area contributed by atoms with E-state index in [-0.39, 0.29) is 29.8 Å². The van der Waals surface area contributed by atoms with Gasteiger partial charge in [0.25, 0.3) is 0 Å². The van der Waals surface area contributed by atoms with Crippen LogP contribution in [0.5, 0.6) is 17.2 Å². The number of nitrogens with one attached hydrogen (secondary N) is 2. The zero-order valence-electron chi connectivity index (χ0n) is 22.2. The van der Waals surface area contributed by atoms with Crippen LogP contribution in [-0.4, -0.2) is 57.8 Å². The van der Waals surface area contributed by atoms with E-state index < -0.39 is 40.2 Å². The zero-order valence-corrected chi connectivity index (χ0v) is 23.0. The van der Waals surface area contributed by atoms with E-state index >= 15 is 0 Å². The summed E-state index contributed by atoms with van der Waals surface area (Å²) < 4.78 is 72.4. The van der Waals surface area contributed by atoms with Crippen LogP contribution in [0.4, 0.5) is 24.5 Å². The number of amides is 1. The highest BCUT2D eigenvalue weighted by molar-refractivity contribution is 7.90. The van der Waals surface area contributed by atoms with Crippen LogP contribution in [0.3, 0.4) is 0 Å². The fraction of sp³-hybridized carbons (Fsp3) is 0.321. The summed E-state index contributed by atoms with van der Waals surface area (Å²) in [5.74, 6) is 0.0416. The third-order valence-corrected chi connectivity index (χ3v) is 8.52. The molecule has 0 radical (unpaired) electrons. The smallest absolute Gasteiger partial charge is 0.453 e. The minimum absolute atomic E-state index is 0.0343. The summed E-state index contributed by atoms with van der Waals surface area (Å²) in [7, 11) is -3.83. The van der Waals surface area contributed by atoms with E-state index in [0.717, 1.165) is 24.3 Å². The average molecular weight is 591 g/mol. The quantitative estimate of drug-likeness (QED) is 0.371. The molecule has 0 spiro atoms. The number of rotatable bonds is 6. The van der Waals surface area contributed by atoms with Gasteiger partial charge in [0.1, 0.15) is 15.7 Å². The average Bonchev–Trinajstić information content (AvgIpc) is 2.92. The number of likely N-dealkylation sites (tertiary alicyclic amines) is 1. The summed E-state index contributed by atoms with van der Waals surface area (Å²) >= 11 is 0. The van der Waals surface area contributed by atoms with Gasteiger partial charge in [-0.05, 0) is 48.5 Å². The molecule has 3 N–H and O–H groups in total. The maximum Gasteiger partial charge on any atom is 0.573 e. The Morgan fingerprint density at radius 2 is 1.59 bits per heavy atom. The number of halogens is 3. The van der Waals surface area contributed by atoms with Crippen LogP contribution < -0.4 is 19.1 Å². The molecule has 5 rings (SSSR count). The van der Waals surface area contributed by atoms with Crippen LogP contribution in [0.25, 0.3) is 0 Å². The van der Waals surface area contributed by atoms with E-state index in [0.29, 0.717) is 22.9 Å². The lowest BCUT2D eigenvalue weighted by atomic mass is 9.93. The normalized spacial score (nSPS) is 21.9. The number of ether oxygens (including phenoxy) is 2. The first-order valence-electron chi connectivity index (χ1n) is 12.9. The first-order valence-corrected chi connectivity index (χ1v) is 14.4. The molecule has 1 saturated heterocycles. The molecule has 41 heavy (non-hydrogen) atoms. The lowest BCUT2D eigenvalue weighted by molar-refractivity contribution is -0.274. The summed E-state index contributed by atoms with van der Waals surface area (Å²) in [6, 6.07) is 16.9. The van der Waals surface area contributed by atoms with E-state index in [1.165, 1.54) is 0 Å². The van der Waals surface area contributed by atoms with Gasteiger partial charge in [-0.3, -0.25) is 4.79 Å². The van der Waals surface area contributed by atoms with Gasteiger partial charge in [-0.25, -0.2) is 13.7 Å². The van der Waals surface area contributed by atoms with Gasteiger partial charge in [-0.15, -0.1) is 13.2 Å². The number of para-hydroxylation sites is 4. The number of benzene rings is 3. The van der Waals surface area contributed by atoms with Gasteiger partial charge in [-0.1, -0.05) is 38.1 Å². The minimum Gasteiger partial charge on any atom is -0.453 e. The first kappa shape index (κ1) is 28.7. The molecule has 0 aromatic heterocycles. The molecule has 4 unspecified atom stereocenters. The van der Waals surface area contributed by atoms with Gasteiger partial charge < -0.3 is 24.4 Å². The molecule has 0 bridgehead atoms. The molecule has 218 valence electrons. The second-order valence-electron chi connectivity index (χ2n) is 10.2. The number of hydrogen-bond acceptors (Lipinski definition) is 7. The number of fused-ring (bicyclic) bond motifs is 2. The maximum atomic E-state index is 13.5. The Balaban J connectivity index is 1.49. The number of aliphatic hydroxyl groups excluding tert-OH is 1. The van der Waals surface area contributed by atoms with Crippen molar-refractivity contribution in [3.63, 3.8) is 0 Å². The second kappa shape index (κ2) is 10.9. The third-order valence-electron chi connectivity index (χ3n) is 6.94. The van der Waals surface area contributed by atoms with E-state index in [1.807, 2.05) is 41.3 Å². The van der Waals surface area contributed by atoms with Crippen LogP contribution in [0.1, 0.15) is 13.8 Å². The van der Waals surface area contributed by atoms with Gasteiger partial charge in [0.05, 0.1) is 34.5 Å². The highest BCUT2D eigenvalue weighted by Crippen LogP contribution is 2.48. The van der Waals surface area contributed by atoms with Crippen molar-refractivity contribution in [1.29, 1.82) is 4.78 Å². The van der Waals surface area contributed by atoms with Crippen LogP contribution in [-0.2, 0) is 14.7 Å². The fourth-order valence-electron chi connectivity index (χ4n) is 5.11. The molecule has 1 fully saturated rings. The van der Waals surface area contributed by atoms with Crippen molar-refractivity contribution in [2.45, 2.75) is 43.3 Å². The maximum absolute atomic E-state index is 13.5. The Kier molecular flexibility index (Phi) is 7.62. The topological polar surface area (TPSA) is 115 Å². The predicted molar refractivity (Wildman–Crippen MR) is 145 cm³/mol. The Labute approximate surface area is 235 Å². The Hall–Kier alpha value is -3.81. The predicted octanol–water partition coefficient (Wildman–Crippen LogP) is 5.04. The van der Waals surface area contributed by atoms with Gasteiger partial charge in [0.15, 0.2) is 11.5 Å². The number of piperidine rings is 1. The Bertz CT molecular complexity index is 1490. The zero-order chi connectivity index (χ0) is 29.5. The van der Waals surface area contributed by atoms with E-state index in [1.54, 1.807) is 30.9 Å². The van der Waals surface area contributed by atoms with Gasteiger partial charge in [-0.2, -0.15) is 0 Å². The molecule has 3 aromatic carbocycles. The number of anilines is 2. The molecular weight excluding hydrogens is 561 g/mol. The van der Waals surface area contributed by atoms with Gasteiger partial charge in [0, 0.05) is 19.0 Å². The second-order valence-corrected chi connectivity index (χ2v) is 12.0. The molecular formula is C28H29F3N4O5S. The molecule has 2 aliphatic rings. The molecule has 1 amide bonds. The van der Waals surface area contributed by atoms with E-state index in [2.05, 4.69) is 9.46 Å². The van der Waals surface area contributed by atoms with Gasteiger partial charge in [0.2, 0.25) is 5.91 Å². The molecule has 2 heterocycles. The van der Waals surface area contributed by atoms with Crippen molar-refractivity contribution in [2.75, 3.05) is 18.0 Å². The molecule has 3 aromatic rings. The molecule has 4 atom stereocenters. The molecule has 0 saturated carbocycles. The summed E-state index contributed by atoms with van der Waals surface area (Å²) in [5.41, 5.74) is 1.33. The summed E-state index contributed by atoms with van der Waals surface area (Å²) in [6.45, 7) is 3.61.